The monoisotopic (exact) mass is 187 g/mol. The smallest absolute Gasteiger partial charge is 0.177 e. The van der Waals surface area contributed by atoms with Crippen molar-refractivity contribution in [3.8, 4) is 0 Å². The van der Waals surface area contributed by atoms with Gasteiger partial charge in [0.2, 0.25) is 0 Å². The topological polar surface area (TPSA) is 68.9 Å². The van der Waals surface area contributed by atoms with Crippen molar-refractivity contribution in [2.75, 3.05) is 6.54 Å². The molecule has 2 rings (SSSR count). The molecule has 0 fully saturated rings. The second-order valence-electron chi connectivity index (χ2n) is 2.92. The Morgan fingerprint density at radius 2 is 2.29 bits per heavy atom. The van der Waals surface area contributed by atoms with Gasteiger partial charge in [0, 0.05) is 23.3 Å². The van der Waals surface area contributed by atoms with E-state index < -0.39 is 0 Å². The Kier molecular flexibility index (Phi) is 2.20. The molecule has 4 nitrogen and oxygen atoms in total. The zero-order valence-corrected chi connectivity index (χ0v) is 7.47. The van der Waals surface area contributed by atoms with Crippen LogP contribution in [0, 0.1) is 0 Å². The SMILES string of the molecule is NCC(=O)c1cnc2cnccc2c1. The average Bonchev–Trinajstić information content (AvgIpc) is 2.27. The first-order valence-electron chi connectivity index (χ1n) is 4.24. The summed E-state index contributed by atoms with van der Waals surface area (Å²) in [5, 5.41) is 0.902. The molecular weight excluding hydrogens is 178 g/mol. The van der Waals surface area contributed by atoms with Crippen molar-refractivity contribution in [2.45, 2.75) is 0 Å². The van der Waals surface area contributed by atoms with E-state index >= 15 is 0 Å². The number of aromatic nitrogens is 2. The fourth-order valence-electron chi connectivity index (χ4n) is 1.24. The lowest BCUT2D eigenvalue weighted by Gasteiger charge is -1.99. The number of carbonyl (C=O) groups excluding carboxylic acids is 1. The van der Waals surface area contributed by atoms with Gasteiger partial charge in [0.25, 0.3) is 0 Å². The van der Waals surface area contributed by atoms with Gasteiger partial charge in [0.15, 0.2) is 5.78 Å². The van der Waals surface area contributed by atoms with Crippen molar-refractivity contribution in [1.82, 2.24) is 9.97 Å². The molecule has 2 heterocycles. The summed E-state index contributed by atoms with van der Waals surface area (Å²) in [7, 11) is 0. The number of hydrogen-bond acceptors (Lipinski definition) is 4. The quantitative estimate of drug-likeness (QED) is 0.705. The molecule has 0 spiro atoms. The molecule has 2 N–H and O–H groups in total. The number of ketones is 1. The van der Waals surface area contributed by atoms with E-state index in [0.29, 0.717) is 5.56 Å². The normalized spacial score (nSPS) is 10.4. The van der Waals surface area contributed by atoms with Crippen LogP contribution in [0.2, 0.25) is 0 Å². The number of carbonyl (C=O) groups is 1. The maximum Gasteiger partial charge on any atom is 0.177 e. The minimum absolute atomic E-state index is 0.0122. The van der Waals surface area contributed by atoms with Crippen LogP contribution >= 0.6 is 0 Å². The third-order valence-electron chi connectivity index (χ3n) is 1.99. The van der Waals surface area contributed by atoms with Crippen LogP contribution in [0.15, 0.2) is 30.7 Å². The van der Waals surface area contributed by atoms with E-state index in [0.717, 1.165) is 10.9 Å². The molecule has 0 atom stereocenters. The molecule has 0 aliphatic carbocycles. The van der Waals surface area contributed by atoms with E-state index in [2.05, 4.69) is 9.97 Å². The van der Waals surface area contributed by atoms with Crippen molar-refractivity contribution in [3.05, 3.63) is 36.3 Å². The number of pyridine rings is 2. The number of hydrogen-bond donors (Lipinski definition) is 1. The van der Waals surface area contributed by atoms with E-state index in [9.17, 15) is 4.79 Å². The first-order chi connectivity index (χ1) is 6.81. The van der Waals surface area contributed by atoms with Gasteiger partial charge in [-0.3, -0.25) is 14.8 Å². The predicted molar refractivity (Wildman–Crippen MR) is 52.9 cm³/mol. The molecule has 0 aromatic carbocycles. The number of nitrogens with two attached hydrogens (primary N) is 1. The molecule has 4 heteroatoms. The van der Waals surface area contributed by atoms with Gasteiger partial charge in [-0.15, -0.1) is 0 Å². The minimum Gasteiger partial charge on any atom is -0.324 e. The lowest BCUT2D eigenvalue weighted by molar-refractivity contribution is 0.100. The van der Waals surface area contributed by atoms with Crippen molar-refractivity contribution in [3.63, 3.8) is 0 Å². The van der Waals surface area contributed by atoms with Crippen molar-refractivity contribution < 1.29 is 4.79 Å². The van der Waals surface area contributed by atoms with E-state index in [1.807, 2.05) is 6.07 Å². The lowest BCUT2D eigenvalue weighted by atomic mass is 10.1. The van der Waals surface area contributed by atoms with E-state index in [-0.39, 0.29) is 12.3 Å². The fraction of sp³-hybridized carbons (Fsp3) is 0.100. The fourth-order valence-corrected chi connectivity index (χ4v) is 1.24. The van der Waals surface area contributed by atoms with Crippen molar-refractivity contribution in [1.29, 1.82) is 0 Å². The number of nitrogens with zero attached hydrogens (tertiary/aromatic N) is 2. The average molecular weight is 187 g/mol. The Labute approximate surface area is 80.8 Å². The Balaban J connectivity index is 2.56. The highest BCUT2D eigenvalue weighted by Crippen LogP contribution is 2.11. The summed E-state index contributed by atoms with van der Waals surface area (Å²) >= 11 is 0. The highest BCUT2D eigenvalue weighted by molar-refractivity contribution is 5.99. The van der Waals surface area contributed by atoms with Gasteiger partial charge >= 0.3 is 0 Å². The first kappa shape index (κ1) is 8.77. The van der Waals surface area contributed by atoms with Gasteiger partial charge < -0.3 is 5.73 Å². The second-order valence-corrected chi connectivity index (χ2v) is 2.92. The number of fused-ring (bicyclic) bond motifs is 1. The third-order valence-corrected chi connectivity index (χ3v) is 1.99. The van der Waals surface area contributed by atoms with Crippen LogP contribution in [0.5, 0.6) is 0 Å². The molecule has 0 amide bonds. The number of rotatable bonds is 2. The van der Waals surface area contributed by atoms with Crippen LogP contribution in [-0.4, -0.2) is 22.3 Å². The maximum atomic E-state index is 11.3. The Morgan fingerprint density at radius 1 is 1.43 bits per heavy atom. The Hall–Kier alpha value is -1.81. The van der Waals surface area contributed by atoms with Gasteiger partial charge in [-0.25, -0.2) is 0 Å². The largest absolute Gasteiger partial charge is 0.324 e. The highest BCUT2D eigenvalue weighted by Gasteiger charge is 2.04. The second kappa shape index (κ2) is 3.51. The standard InChI is InChI=1S/C10H9N3O/c11-4-10(14)8-3-7-1-2-12-6-9(7)13-5-8/h1-3,5-6H,4,11H2. The summed E-state index contributed by atoms with van der Waals surface area (Å²) in [6.45, 7) is 0.0122. The molecular formula is C10H9N3O. The first-order valence-corrected chi connectivity index (χ1v) is 4.24. The highest BCUT2D eigenvalue weighted by atomic mass is 16.1. The molecule has 0 bridgehead atoms. The van der Waals surface area contributed by atoms with Gasteiger partial charge in [-0.05, 0) is 12.1 Å². The molecule has 0 unspecified atom stereocenters. The maximum absolute atomic E-state index is 11.3. The van der Waals surface area contributed by atoms with E-state index in [4.69, 9.17) is 5.73 Å². The molecule has 0 aliphatic rings. The van der Waals surface area contributed by atoms with Gasteiger partial charge in [0.1, 0.15) is 0 Å². The van der Waals surface area contributed by atoms with Crippen LogP contribution in [0.4, 0.5) is 0 Å². The van der Waals surface area contributed by atoms with Crippen LogP contribution in [0.25, 0.3) is 10.9 Å². The molecule has 2 aromatic rings. The molecule has 0 aliphatic heterocycles. The predicted octanol–water partition coefficient (Wildman–Crippen LogP) is 0.771. The van der Waals surface area contributed by atoms with Crippen LogP contribution in [0.3, 0.4) is 0 Å². The van der Waals surface area contributed by atoms with Crippen LogP contribution in [-0.2, 0) is 0 Å². The lowest BCUT2D eigenvalue weighted by Crippen LogP contribution is -2.13. The molecule has 0 saturated carbocycles. The van der Waals surface area contributed by atoms with Crippen LogP contribution in [0.1, 0.15) is 10.4 Å². The molecule has 14 heavy (non-hydrogen) atoms. The zero-order chi connectivity index (χ0) is 9.97. The third kappa shape index (κ3) is 1.47. The minimum atomic E-state index is -0.101. The summed E-state index contributed by atoms with van der Waals surface area (Å²) in [5.41, 5.74) is 6.58. The molecule has 2 aromatic heterocycles. The van der Waals surface area contributed by atoms with E-state index in [1.165, 1.54) is 6.20 Å². The van der Waals surface area contributed by atoms with Gasteiger partial charge in [0.05, 0.1) is 18.3 Å². The zero-order valence-electron chi connectivity index (χ0n) is 7.47. The molecule has 70 valence electrons. The molecule has 0 radical (unpaired) electrons. The number of Topliss-reactive ketones (excluding diaryl/α,β-unsaturated/α-hetero) is 1. The summed E-state index contributed by atoms with van der Waals surface area (Å²) in [4.78, 5) is 19.3. The van der Waals surface area contributed by atoms with E-state index in [1.54, 1.807) is 18.5 Å². The van der Waals surface area contributed by atoms with Gasteiger partial charge in [-0.1, -0.05) is 0 Å². The summed E-state index contributed by atoms with van der Waals surface area (Å²) in [6, 6.07) is 3.59. The summed E-state index contributed by atoms with van der Waals surface area (Å²) < 4.78 is 0. The summed E-state index contributed by atoms with van der Waals surface area (Å²) in [5.74, 6) is -0.101. The molecule has 0 saturated heterocycles. The van der Waals surface area contributed by atoms with Gasteiger partial charge in [-0.2, -0.15) is 0 Å². The Bertz CT molecular complexity index is 482. The summed E-state index contributed by atoms with van der Waals surface area (Å²) in [6.07, 6.45) is 4.85. The Morgan fingerprint density at radius 3 is 3.07 bits per heavy atom. The van der Waals surface area contributed by atoms with Crippen LogP contribution < -0.4 is 5.73 Å². The van der Waals surface area contributed by atoms with Crippen molar-refractivity contribution in [2.24, 2.45) is 5.73 Å². The van der Waals surface area contributed by atoms with Crippen molar-refractivity contribution >= 4 is 16.7 Å².